The monoisotopic (exact) mass is 382 g/mol. The van der Waals surface area contributed by atoms with E-state index in [9.17, 15) is 9.90 Å². The van der Waals surface area contributed by atoms with Crippen LogP contribution in [0.4, 0.5) is 0 Å². The third kappa shape index (κ3) is 5.64. The van der Waals surface area contributed by atoms with Gasteiger partial charge in [-0.1, -0.05) is 49.7 Å². The summed E-state index contributed by atoms with van der Waals surface area (Å²) in [7, 11) is 0. The molecule has 5 nitrogen and oxygen atoms in total. The molecule has 0 radical (unpaired) electrons. The van der Waals surface area contributed by atoms with Crippen LogP contribution in [0.5, 0.6) is 0 Å². The van der Waals surface area contributed by atoms with Gasteiger partial charge in [-0.25, -0.2) is 0 Å². The number of nitrogens with zero attached hydrogens (tertiary/aromatic N) is 1. The third-order valence-electron chi connectivity index (χ3n) is 5.13. The van der Waals surface area contributed by atoms with E-state index < -0.39 is 6.10 Å². The molecule has 1 atom stereocenters. The quantitative estimate of drug-likeness (QED) is 0.736. The van der Waals surface area contributed by atoms with Gasteiger partial charge in [-0.05, 0) is 35.2 Å². The van der Waals surface area contributed by atoms with Crippen molar-refractivity contribution in [2.45, 2.75) is 25.9 Å². The average Bonchev–Trinajstić information content (AvgIpc) is 2.75. The van der Waals surface area contributed by atoms with Crippen molar-refractivity contribution >= 4 is 5.91 Å². The number of carbonyl (C=O) groups excluding carboxylic acids is 1. The minimum atomic E-state index is -0.414. The molecule has 1 aliphatic rings. The van der Waals surface area contributed by atoms with Gasteiger partial charge in [-0.3, -0.25) is 9.69 Å². The molecule has 1 unspecified atom stereocenters. The lowest BCUT2D eigenvalue weighted by Gasteiger charge is -2.26. The minimum Gasteiger partial charge on any atom is -0.388 e. The molecule has 5 heteroatoms. The van der Waals surface area contributed by atoms with Gasteiger partial charge >= 0.3 is 0 Å². The Bertz CT molecular complexity index is 755. The first kappa shape index (κ1) is 20.5. The molecule has 1 saturated heterocycles. The summed E-state index contributed by atoms with van der Waals surface area (Å²) in [5.74, 6) is -0.0508. The Morgan fingerprint density at radius 1 is 1.14 bits per heavy atom. The Hall–Kier alpha value is -2.21. The van der Waals surface area contributed by atoms with E-state index in [4.69, 9.17) is 4.74 Å². The number of amides is 1. The Morgan fingerprint density at radius 3 is 2.61 bits per heavy atom. The van der Waals surface area contributed by atoms with E-state index in [1.807, 2.05) is 48.5 Å². The first-order valence-corrected chi connectivity index (χ1v) is 10.1. The van der Waals surface area contributed by atoms with Crippen molar-refractivity contribution in [3.8, 4) is 11.1 Å². The van der Waals surface area contributed by atoms with Crippen LogP contribution in [0.25, 0.3) is 11.1 Å². The maximum Gasteiger partial charge on any atom is 0.251 e. The van der Waals surface area contributed by atoms with Gasteiger partial charge in [0.2, 0.25) is 0 Å². The summed E-state index contributed by atoms with van der Waals surface area (Å²) >= 11 is 0. The van der Waals surface area contributed by atoms with Crippen LogP contribution in [0.15, 0.2) is 48.5 Å². The van der Waals surface area contributed by atoms with Crippen LogP contribution in [0.1, 0.15) is 41.8 Å². The minimum absolute atomic E-state index is 0.0508. The zero-order valence-corrected chi connectivity index (χ0v) is 16.6. The summed E-state index contributed by atoms with van der Waals surface area (Å²) in [5.41, 5.74) is 3.63. The Labute approximate surface area is 167 Å². The van der Waals surface area contributed by atoms with Crippen LogP contribution < -0.4 is 5.32 Å². The number of hydrogen-bond donors (Lipinski definition) is 2. The molecule has 2 N–H and O–H groups in total. The lowest BCUT2D eigenvalue weighted by Crippen LogP contribution is -2.41. The number of benzene rings is 2. The number of ether oxygens (including phenoxy) is 1. The van der Waals surface area contributed by atoms with Gasteiger partial charge in [0.1, 0.15) is 0 Å². The van der Waals surface area contributed by atoms with Crippen molar-refractivity contribution in [2.75, 3.05) is 39.4 Å². The van der Waals surface area contributed by atoms with Crippen molar-refractivity contribution in [3.05, 3.63) is 59.7 Å². The second kappa shape index (κ2) is 10.4. The topological polar surface area (TPSA) is 61.8 Å². The Kier molecular flexibility index (Phi) is 7.60. The maximum absolute atomic E-state index is 12.5. The number of carbonyl (C=O) groups is 1. The van der Waals surface area contributed by atoms with E-state index in [0.29, 0.717) is 12.1 Å². The molecule has 28 heavy (non-hydrogen) atoms. The highest BCUT2D eigenvalue weighted by atomic mass is 16.5. The maximum atomic E-state index is 12.5. The fourth-order valence-electron chi connectivity index (χ4n) is 3.43. The highest BCUT2D eigenvalue weighted by molar-refractivity contribution is 5.95. The molecular formula is C23H30N2O3. The van der Waals surface area contributed by atoms with E-state index >= 15 is 0 Å². The lowest BCUT2D eigenvalue weighted by atomic mass is 9.99. The van der Waals surface area contributed by atoms with Crippen molar-refractivity contribution in [3.63, 3.8) is 0 Å². The van der Waals surface area contributed by atoms with E-state index in [0.717, 1.165) is 62.4 Å². The molecule has 1 aliphatic heterocycles. The van der Waals surface area contributed by atoms with Gasteiger partial charge in [0.05, 0.1) is 19.3 Å². The number of morpholine rings is 1. The molecule has 1 amide bonds. The second-order valence-electron chi connectivity index (χ2n) is 7.22. The van der Waals surface area contributed by atoms with Crippen LogP contribution in [0, 0.1) is 0 Å². The van der Waals surface area contributed by atoms with Crippen molar-refractivity contribution < 1.29 is 14.6 Å². The third-order valence-corrected chi connectivity index (χ3v) is 5.13. The molecule has 3 rings (SSSR count). The Balaban J connectivity index is 1.59. The number of hydrogen-bond acceptors (Lipinski definition) is 4. The molecule has 0 aromatic heterocycles. The van der Waals surface area contributed by atoms with Crippen molar-refractivity contribution in [1.29, 1.82) is 0 Å². The summed E-state index contributed by atoms with van der Waals surface area (Å²) in [6.45, 7) is 6.93. The molecule has 1 heterocycles. The lowest BCUT2D eigenvalue weighted by molar-refractivity contribution is 0.0383. The highest BCUT2D eigenvalue weighted by Crippen LogP contribution is 2.24. The summed E-state index contributed by atoms with van der Waals surface area (Å²) in [5, 5.41) is 13.1. The summed E-state index contributed by atoms with van der Waals surface area (Å²) in [6, 6.07) is 15.6. The number of aliphatic hydroxyl groups is 1. The fourth-order valence-corrected chi connectivity index (χ4v) is 3.43. The average molecular weight is 383 g/mol. The normalized spacial score (nSPS) is 15.9. The van der Waals surface area contributed by atoms with Gasteiger partial charge in [-0.2, -0.15) is 0 Å². The number of aliphatic hydroxyl groups excluding tert-OH is 1. The molecule has 0 spiro atoms. The van der Waals surface area contributed by atoms with Crippen LogP contribution in [0.3, 0.4) is 0 Å². The first-order valence-electron chi connectivity index (χ1n) is 10.1. The molecular weight excluding hydrogens is 352 g/mol. The Morgan fingerprint density at radius 2 is 1.89 bits per heavy atom. The number of nitrogens with one attached hydrogen (secondary N) is 1. The van der Waals surface area contributed by atoms with E-state index in [2.05, 4.69) is 17.1 Å². The van der Waals surface area contributed by atoms with Gasteiger partial charge in [0.25, 0.3) is 5.91 Å². The first-order chi connectivity index (χ1) is 13.7. The molecule has 1 fully saturated rings. The molecule has 2 aromatic rings. The molecule has 0 aliphatic carbocycles. The predicted octanol–water partition coefficient (Wildman–Crippen LogP) is 3.25. The van der Waals surface area contributed by atoms with Crippen molar-refractivity contribution in [2.24, 2.45) is 0 Å². The smallest absolute Gasteiger partial charge is 0.251 e. The molecule has 2 aromatic carbocycles. The van der Waals surface area contributed by atoms with Gasteiger partial charge in [-0.15, -0.1) is 0 Å². The summed E-state index contributed by atoms with van der Waals surface area (Å²) in [6.07, 6.45) is 1.30. The highest BCUT2D eigenvalue weighted by Gasteiger charge is 2.12. The molecule has 0 saturated carbocycles. The predicted molar refractivity (Wildman–Crippen MR) is 111 cm³/mol. The number of rotatable bonds is 8. The molecule has 150 valence electrons. The zero-order chi connectivity index (χ0) is 19.8. The van der Waals surface area contributed by atoms with Gasteiger partial charge in [0, 0.05) is 31.7 Å². The fraction of sp³-hybridized carbons (Fsp3) is 0.435. The van der Waals surface area contributed by atoms with E-state index in [1.54, 1.807) is 0 Å². The van der Waals surface area contributed by atoms with E-state index in [-0.39, 0.29) is 5.91 Å². The second-order valence-corrected chi connectivity index (χ2v) is 7.22. The van der Waals surface area contributed by atoms with Crippen LogP contribution in [-0.2, 0) is 4.74 Å². The van der Waals surface area contributed by atoms with Crippen LogP contribution >= 0.6 is 0 Å². The van der Waals surface area contributed by atoms with Gasteiger partial charge < -0.3 is 15.2 Å². The SMILES string of the molecule is CCCC(O)c1ccc(-c2cccc(C(=O)NCCN3CCOCC3)c2)cc1. The van der Waals surface area contributed by atoms with Crippen molar-refractivity contribution in [1.82, 2.24) is 10.2 Å². The zero-order valence-electron chi connectivity index (χ0n) is 16.6. The standard InChI is InChI=1S/C23H30N2O3/c1-2-4-22(26)19-9-7-18(8-10-19)20-5-3-6-21(17-20)23(27)24-11-12-25-13-15-28-16-14-25/h3,5-10,17,22,26H,2,4,11-16H2,1H3,(H,24,27). The summed E-state index contributed by atoms with van der Waals surface area (Å²) in [4.78, 5) is 14.8. The summed E-state index contributed by atoms with van der Waals surface area (Å²) < 4.78 is 5.34. The van der Waals surface area contributed by atoms with E-state index in [1.165, 1.54) is 0 Å². The van der Waals surface area contributed by atoms with Gasteiger partial charge in [0.15, 0.2) is 0 Å². The van der Waals surface area contributed by atoms with Crippen LogP contribution in [0.2, 0.25) is 0 Å². The molecule has 0 bridgehead atoms. The van der Waals surface area contributed by atoms with Crippen LogP contribution in [-0.4, -0.2) is 55.3 Å². The largest absolute Gasteiger partial charge is 0.388 e.